The van der Waals surface area contributed by atoms with Crippen LogP contribution in [-0.4, -0.2) is 23.5 Å². The number of H-pyrrole nitrogens is 1. The van der Waals surface area contributed by atoms with Crippen LogP contribution in [0.25, 0.3) is 33.0 Å². The van der Waals surface area contributed by atoms with Gasteiger partial charge in [-0.15, -0.1) is 0 Å². The highest BCUT2D eigenvalue weighted by Gasteiger charge is 2.16. The van der Waals surface area contributed by atoms with Crippen molar-refractivity contribution in [3.63, 3.8) is 0 Å². The fraction of sp³-hybridized carbons (Fsp3) is 0.143. The predicted molar refractivity (Wildman–Crippen MR) is 133 cm³/mol. The Labute approximate surface area is 196 Å². The third-order valence-electron chi connectivity index (χ3n) is 5.85. The summed E-state index contributed by atoms with van der Waals surface area (Å²) in [5, 5.41) is 4.89. The number of fused-ring (bicyclic) bond motifs is 2. The van der Waals surface area contributed by atoms with Gasteiger partial charge in [-0.1, -0.05) is 48.5 Å². The quantitative estimate of drug-likeness (QED) is 0.338. The van der Waals surface area contributed by atoms with Gasteiger partial charge in [-0.3, -0.25) is 4.79 Å². The summed E-state index contributed by atoms with van der Waals surface area (Å²) in [6.45, 7) is 2.20. The molecule has 6 nitrogen and oxygen atoms in total. The fourth-order valence-electron chi connectivity index (χ4n) is 4.13. The van der Waals surface area contributed by atoms with Gasteiger partial charge >= 0.3 is 5.63 Å². The van der Waals surface area contributed by atoms with Crippen LogP contribution in [0.1, 0.15) is 12.5 Å². The van der Waals surface area contributed by atoms with Gasteiger partial charge < -0.3 is 19.5 Å². The molecule has 0 radical (unpaired) electrons. The van der Waals surface area contributed by atoms with Gasteiger partial charge in [0.05, 0.1) is 0 Å². The summed E-state index contributed by atoms with van der Waals surface area (Å²) in [6.07, 6.45) is 1.99. The van der Waals surface area contributed by atoms with Crippen molar-refractivity contribution in [1.29, 1.82) is 0 Å². The fourth-order valence-corrected chi connectivity index (χ4v) is 4.13. The summed E-state index contributed by atoms with van der Waals surface area (Å²) >= 11 is 0. The van der Waals surface area contributed by atoms with E-state index >= 15 is 0 Å². The molecule has 0 aliphatic carbocycles. The first-order valence-corrected chi connectivity index (χ1v) is 11.2. The van der Waals surface area contributed by atoms with E-state index in [0.29, 0.717) is 24.3 Å². The number of ether oxygens (including phenoxy) is 1. The van der Waals surface area contributed by atoms with E-state index in [1.54, 1.807) is 19.1 Å². The van der Waals surface area contributed by atoms with E-state index in [1.807, 2.05) is 60.8 Å². The average Bonchev–Trinajstić information content (AvgIpc) is 3.27. The predicted octanol–water partition coefficient (Wildman–Crippen LogP) is 5.07. The monoisotopic (exact) mass is 452 g/mol. The molecule has 1 amide bonds. The minimum Gasteiger partial charge on any atom is -0.481 e. The molecular formula is C28H24N2O4. The Morgan fingerprint density at radius 1 is 1.00 bits per heavy atom. The van der Waals surface area contributed by atoms with Gasteiger partial charge in [-0.25, -0.2) is 4.79 Å². The number of aromatic nitrogens is 1. The van der Waals surface area contributed by atoms with E-state index in [1.165, 1.54) is 6.07 Å². The maximum Gasteiger partial charge on any atom is 0.336 e. The highest BCUT2D eigenvalue weighted by Crippen LogP contribution is 2.29. The second kappa shape index (κ2) is 9.27. The van der Waals surface area contributed by atoms with Crippen molar-refractivity contribution in [3.8, 4) is 16.9 Å². The number of aromatic amines is 1. The normalized spacial score (nSPS) is 12.0. The van der Waals surface area contributed by atoms with Gasteiger partial charge in [0, 0.05) is 41.2 Å². The molecule has 6 heteroatoms. The molecule has 3 aromatic carbocycles. The molecule has 34 heavy (non-hydrogen) atoms. The van der Waals surface area contributed by atoms with Crippen LogP contribution in [0.4, 0.5) is 0 Å². The highest BCUT2D eigenvalue weighted by molar-refractivity contribution is 5.93. The molecule has 0 aliphatic rings. The molecule has 5 rings (SSSR count). The Balaban J connectivity index is 1.26. The first-order valence-electron chi connectivity index (χ1n) is 11.2. The molecule has 5 aromatic rings. The smallest absolute Gasteiger partial charge is 0.336 e. The summed E-state index contributed by atoms with van der Waals surface area (Å²) in [5.41, 5.74) is 3.93. The van der Waals surface area contributed by atoms with Crippen LogP contribution in [0.15, 0.2) is 94.3 Å². The first kappa shape index (κ1) is 21.5. The molecular weight excluding hydrogens is 428 g/mol. The largest absolute Gasteiger partial charge is 0.481 e. The van der Waals surface area contributed by atoms with E-state index in [-0.39, 0.29) is 5.91 Å². The minimum absolute atomic E-state index is 0.209. The van der Waals surface area contributed by atoms with Crippen LogP contribution in [-0.2, 0) is 11.2 Å². The van der Waals surface area contributed by atoms with Gasteiger partial charge in [0.15, 0.2) is 6.10 Å². The van der Waals surface area contributed by atoms with Crippen LogP contribution >= 0.6 is 0 Å². The maximum atomic E-state index is 12.6. The van der Waals surface area contributed by atoms with Crippen LogP contribution < -0.4 is 15.7 Å². The second-order valence-electron chi connectivity index (χ2n) is 8.16. The lowest BCUT2D eigenvalue weighted by Gasteiger charge is -2.15. The van der Waals surface area contributed by atoms with Gasteiger partial charge in [-0.05, 0) is 48.2 Å². The van der Waals surface area contributed by atoms with E-state index in [2.05, 4.69) is 16.4 Å². The maximum absolute atomic E-state index is 12.6. The molecule has 1 atom stereocenters. The summed E-state index contributed by atoms with van der Waals surface area (Å²) in [7, 11) is 0. The Morgan fingerprint density at radius 3 is 2.65 bits per heavy atom. The first-order chi connectivity index (χ1) is 16.6. The van der Waals surface area contributed by atoms with Gasteiger partial charge in [0.2, 0.25) is 0 Å². The summed E-state index contributed by atoms with van der Waals surface area (Å²) in [4.78, 5) is 28.0. The number of para-hydroxylation sites is 1. The Morgan fingerprint density at radius 2 is 1.79 bits per heavy atom. The summed E-state index contributed by atoms with van der Waals surface area (Å²) < 4.78 is 11.3. The summed E-state index contributed by atoms with van der Waals surface area (Å²) in [6, 6.07) is 24.5. The molecule has 0 bridgehead atoms. The average molecular weight is 453 g/mol. The van der Waals surface area contributed by atoms with Gasteiger partial charge in [-0.2, -0.15) is 0 Å². The van der Waals surface area contributed by atoms with E-state index < -0.39 is 11.7 Å². The zero-order valence-electron chi connectivity index (χ0n) is 18.7. The number of benzene rings is 3. The number of carbonyl (C=O) groups excluding carboxylic acids is 1. The lowest BCUT2D eigenvalue weighted by atomic mass is 10.0. The third-order valence-corrected chi connectivity index (χ3v) is 5.85. The Kier molecular flexibility index (Phi) is 5.87. The van der Waals surface area contributed by atoms with E-state index in [0.717, 1.165) is 33.0 Å². The molecule has 0 saturated heterocycles. The minimum atomic E-state index is -0.704. The second-order valence-corrected chi connectivity index (χ2v) is 8.16. The number of amides is 1. The number of carbonyl (C=O) groups is 1. The van der Waals surface area contributed by atoms with Crippen LogP contribution in [0.3, 0.4) is 0 Å². The lowest BCUT2D eigenvalue weighted by Crippen LogP contribution is -2.37. The number of hydrogen-bond acceptors (Lipinski definition) is 4. The van der Waals surface area contributed by atoms with Crippen molar-refractivity contribution < 1.29 is 13.9 Å². The van der Waals surface area contributed by atoms with Crippen molar-refractivity contribution in [1.82, 2.24) is 10.3 Å². The standard InChI is InChI=1S/C28H24N2O4/c1-18(28(32)29-14-13-20-17-30-25-10-6-5-9-22(20)25)33-21-11-12-23-24(19-7-3-2-4-8-19)16-27(31)34-26(23)15-21/h2-12,15-18,30H,13-14H2,1H3,(H,29,32). The van der Waals surface area contributed by atoms with Crippen molar-refractivity contribution in [2.45, 2.75) is 19.4 Å². The lowest BCUT2D eigenvalue weighted by molar-refractivity contribution is -0.127. The molecule has 2 aromatic heterocycles. The Bertz CT molecular complexity index is 1520. The molecule has 170 valence electrons. The highest BCUT2D eigenvalue weighted by atomic mass is 16.5. The molecule has 2 heterocycles. The van der Waals surface area contributed by atoms with Crippen LogP contribution in [0, 0.1) is 0 Å². The van der Waals surface area contributed by atoms with E-state index in [4.69, 9.17) is 9.15 Å². The van der Waals surface area contributed by atoms with Crippen molar-refractivity contribution in [3.05, 3.63) is 101 Å². The van der Waals surface area contributed by atoms with Gasteiger partial charge in [0.1, 0.15) is 11.3 Å². The number of rotatable bonds is 7. The molecule has 0 aliphatic heterocycles. The molecule has 2 N–H and O–H groups in total. The number of nitrogens with one attached hydrogen (secondary N) is 2. The molecule has 0 spiro atoms. The topological polar surface area (TPSA) is 84.3 Å². The molecule has 0 saturated carbocycles. The van der Waals surface area contributed by atoms with Crippen molar-refractivity contribution >= 4 is 27.8 Å². The van der Waals surface area contributed by atoms with Crippen LogP contribution in [0.2, 0.25) is 0 Å². The van der Waals surface area contributed by atoms with Crippen molar-refractivity contribution in [2.75, 3.05) is 6.54 Å². The number of hydrogen-bond donors (Lipinski definition) is 2. The van der Waals surface area contributed by atoms with Crippen molar-refractivity contribution in [2.24, 2.45) is 0 Å². The zero-order valence-corrected chi connectivity index (χ0v) is 18.7. The molecule has 0 fully saturated rings. The summed E-state index contributed by atoms with van der Waals surface area (Å²) in [5.74, 6) is 0.250. The van der Waals surface area contributed by atoms with E-state index in [9.17, 15) is 9.59 Å². The van der Waals surface area contributed by atoms with Crippen LogP contribution in [0.5, 0.6) is 5.75 Å². The SMILES string of the molecule is CC(Oc1ccc2c(-c3ccccc3)cc(=O)oc2c1)C(=O)NCCc1c[nH]c2ccccc12. The Hall–Kier alpha value is -4.32. The van der Waals surface area contributed by atoms with Gasteiger partial charge in [0.25, 0.3) is 5.91 Å². The zero-order chi connectivity index (χ0) is 23.5. The molecule has 1 unspecified atom stereocenters. The third kappa shape index (κ3) is 4.43.